The molecule has 1 N–H and O–H groups in total. The molecule has 1 saturated carbocycles. The van der Waals surface area contributed by atoms with Crippen molar-refractivity contribution < 1.29 is 9.18 Å². The Hall–Kier alpha value is -1.64. The number of rotatable bonds is 3. The summed E-state index contributed by atoms with van der Waals surface area (Å²) >= 11 is 0. The first-order valence-electron chi connectivity index (χ1n) is 6.90. The molecule has 102 valence electrons. The van der Waals surface area contributed by atoms with Gasteiger partial charge in [0.1, 0.15) is 5.82 Å². The lowest BCUT2D eigenvalue weighted by Crippen LogP contribution is -2.40. The zero-order valence-electron chi connectivity index (χ0n) is 11.2. The van der Waals surface area contributed by atoms with Crippen molar-refractivity contribution in [2.24, 2.45) is 5.92 Å². The summed E-state index contributed by atoms with van der Waals surface area (Å²) in [5.74, 6) is 0.0825. The van der Waals surface area contributed by atoms with Gasteiger partial charge >= 0.3 is 0 Å². The van der Waals surface area contributed by atoms with Crippen molar-refractivity contribution >= 4 is 12.0 Å². The lowest BCUT2D eigenvalue weighted by atomic mass is 9.86. The third kappa shape index (κ3) is 3.91. The Balaban J connectivity index is 1.92. The van der Waals surface area contributed by atoms with Gasteiger partial charge in [-0.1, -0.05) is 38.0 Å². The van der Waals surface area contributed by atoms with E-state index in [1.165, 1.54) is 37.5 Å². The van der Waals surface area contributed by atoms with Crippen molar-refractivity contribution in [3.05, 3.63) is 41.7 Å². The van der Waals surface area contributed by atoms with E-state index in [2.05, 4.69) is 12.2 Å². The minimum absolute atomic E-state index is 0.137. The maximum atomic E-state index is 13.4. The van der Waals surface area contributed by atoms with Gasteiger partial charge in [-0.25, -0.2) is 4.39 Å². The first-order chi connectivity index (χ1) is 9.16. The van der Waals surface area contributed by atoms with Crippen LogP contribution in [0.5, 0.6) is 0 Å². The number of hydrogen-bond donors (Lipinski definition) is 1. The van der Waals surface area contributed by atoms with Crippen molar-refractivity contribution in [3.8, 4) is 0 Å². The molecule has 2 rings (SSSR count). The second-order valence-corrected chi connectivity index (χ2v) is 5.23. The molecule has 0 radical (unpaired) electrons. The molecule has 1 aromatic rings. The van der Waals surface area contributed by atoms with Crippen molar-refractivity contribution in [3.63, 3.8) is 0 Å². The quantitative estimate of drug-likeness (QED) is 0.828. The van der Waals surface area contributed by atoms with E-state index in [-0.39, 0.29) is 17.8 Å². The molecule has 0 spiro atoms. The molecule has 2 unspecified atom stereocenters. The number of amides is 1. The minimum atomic E-state index is -0.308. The number of benzene rings is 1. The monoisotopic (exact) mass is 261 g/mol. The first kappa shape index (κ1) is 13.8. The first-order valence-corrected chi connectivity index (χ1v) is 6.90. The number of hydrogen-bond acceptors (Lipinski definition) is 1. The van der Waals surface area contributed by atoms with Crippen LogP contribution in [-0.4, -0.2) is 11.9 Å². The molecular weight excluding hydrogens is 241 g/mol. The molecule has 0 bridgehead atoms. The smallest absolute Gasteiger partial charge is 0.244 e. The summed E-state index contributed by atoms with van der Waals surface area (Å²) < 4.78 is 13.4. The SMILES string of the molecule is CC1CCCCC1NC(=O)/C=C/c1ccccc1F. The van der Waals surface area contributed by atoms with Gasteiger partial charge in [-0.3, -0.25) is 4.79 Å². The van der Waals surface area contributed by atoms with E-state index in [0.717, 1.165) is 6.42 Å². The van der Waals surface area contributed by atoms with E-state index in [4.69, 9.17) is 0 Å². The van der Waals surface area contributed by atoms with Crippen LogP contribution in [0.15, 0.2) is 30.3 Å². The predicted molar refractivity (Wildman–Crippen MR) is 75.0 cm³/mol. The lowest BCUT2D eigenvalue weighted by Gasteiger charge is -2.29. The van der Waals surface area contributed by atoms with E-state index >= 15 is 0 Å². The second-order valence-electron chi connectivity index (χ2n) is 5.23. The van der Waals surface area contributed by atoms with Crippen LogP contribution in [0.3, 0.4) is 0 Å². The van der Waals surface area contributed by atoms with Crippen LogP contribution in [0.2, 0.25) is 0 Å². The zero-order chi connectivity index (χ0) is 13.7. The highest BCUT2D eigenvalue weighted by atomic mass is 19.1. The van der Waals surface area contributed by atoms with Gasteiger partial charge in [0.25, 0.3) is 0 Å². The molecule has 1 fully saturated rings. The van der Waals surface area contributed by atoms with Crippen molar-refractivity contribution in [1.82, 2.24) is 5.32 Å². The lowest BCUT2D eigenvalue weighted by molar-refractivity contribution is -0.117. The Morgan fingerprint density at radius 2 is 2.05 bits per heavy atom. The Kier molecular flexibility index (Phi) is 4.72. The number of halogens is 1. The van der Waals surface area contributed by atoms with Crippen LogP contribution in [0, 0.1) is 11.7 Å². The molecule has 2 nitrogen and oxygen atoms in total. The fourth-order valence-electron chi connectivity index (χ4n) is 2.54. The Morgan fingerprint density at radius 3 is 2.79 bits per heavy atom. The van der Waals surface area contributed by atoms with Gasteiger partial charge in [-0.15, -0.1) is 0 Å². The fraction of sp³-hybridized carbons (Fsp3) is 0.438. The van der Waals surface area contributed by atoms with E-state index in [9.17, 15) is 9.18 Å². The number of carbonyl (C=O) groups is 1. The molecule has 3 heteroatoms. The van der Waals surface area contributed by atoms with E-state index in [1.54, 1.807) is 18.2 Å². The average Bonchev–Trinajstić information content (AvgIpc) is 2.40. The van der Waals surface area contributed by atoms with Crippen LogP contribution >= 0.6 is 0 Å². The summed E-state index contributed by atoms with van der Waals surface area (Å²) in [7, 11) is 0. The summed E-state index contributed by atoms with van der Waals surface area (Å²) in [6.45, 7) is 2.17. The summed E-state index contributed by atoms with van der Waals surface area (Å²) in [6, 6.07) is 6.69. The maximum Gasteiger partial charge on any atom is 0.244 e. The van der Waals surface area contributed by atoms with Gasteiger partial charge in [-0.2, -0.15) is 0 Å². The highest BCUT2D eigenvalue weighted by molar-refractivity contribution is 5.91. The van der Waals surface area contributed by atoms with E-state index in [0.29, 0.717) is 11.5 Å². The zero-order valence-corrected chi connectivity index (χ0v) is 11.2. The molecule has 1 amide bonds. The molecule has 2 atom stereocenters. The summed E-state index contributed by atoms with van der Waals surface area (Å²) in [6.07, 6.45) is 7.57. The van der Waals surface area contributed by atoms with Crippen LogP contribution in [0.1, 0.15) is 38.2 Å². The molecule has 0 aliphatic heterocycles. The van der Waals surface area contributed by atoms with E-state index in [1.807, 2.05) is 0 Å². The van der Waals surface area contributed by atoms with Crippen molar-refractivity contribution in [2.45, 2.75) is 38.6 Å². The molecular formula is C16H20FNO. The molecule has 0 heterocycles. The maximum absolute atomic E-state index is 13.4. The van der Waals surface area contributed by atoms with Crippen molar-refractivity contribution in [1.29, 1.82) is 0 Å². The standard InChI is InChI=1S/C16H20FNO/c1-12-6-2-5-9-15(12)18-16(19)11-10-13-7-3-4-8-14(13)17/h3-4,7-8,10-12,15H,2,5-6,9H2,1H3,(H,18,19)/b11-10+. The third-order valence-corrected chi connectivity index (χ3v) is 3.76. The molecule has 0 aromatic heterocycles. The molecule has 1 aromatic carbocycles. The topological polar surface area (TPSA) is 29.1 Å². The van der Waals surface area contributed by atoms with Crippen LogP contribution in [-0.2, 0) is 4.79 Å². The van der Waals surface area contributed by atoms with Gasteiger partial charge < -0.3 is 5.32 Å². The highest BCUT2D eigenvalue weighted by Crippen LogP contribution is 2.23. The Labute approximate surface area is 113 Å². The van der Waals surface area contributed by atoms with Gasteiger partial charge in [0.2, 0.25) is 5.91 Å². The molecule has 1 aliphatic rings. The molecule has 1 aliphatic carbocycles. The van der Waals surface area contributed by atoms with Crippen molar-refractivity contribution in [2.75, 3.05) is 0 Å². The van der Waals surface area contributed by atoms with Gasteiger partial charge in [0, 0.05) is 17.7 Å². The number of nitrogens with one attached hydrogen (secondary N) is 1. The molecule has 19 heavy (non-hydrogen) atoms. The van der Waals surface area contributed by atoms with Crippen LogP contribution in [0.4, 0.5) is 4.39 Å². The van der Waals surface area contributed by atoms with Crippen LogP contribution in [0.25, 0.3) is 6.08 Å². The van der Waals surface area contributed by atoms with Gasteiger partial charge in [-0.05, 0) is 30.9 Å². The minimum Gasteiger partial charge on any atom is -0.350 e. The van der Waals surface area contributed by atoms with Gasteiger partial charge in [0.15, 0.2) is 0 Å². The second kappa shape index (κ2) is 6.50. The summed E-state index contributed by atoms with van der Waals surface area (Å²) in [5.41, 5.74) is 0.439. The largest absolute Gasteiger partial charge is 0.350 e. The van der Waals surface area contributed by atoms with Gasteiger partial charge in [0.05, 0.1) is 0 Å². The van der Waals surface area contributed by atoms with Crippen LogP contribution < -0.4 is 5.32 Å². The molecule has 0 saturated heterocycles. The predicted octanol–water partition coefficient (Wildman–Crippen LogP) is 3.53. The Bertz CT molecular complexity index is 470. The normalized spacial score (nSPS) is 23.5. The highest BCUT2D eigenvalue weighted by Gasteiger charge is 2.21. The summed E-state index contributed by atoms with van der Waals surface area (Å²) in [5, 5.41) is 3.01. The third-order valence-electron chi connectivity index (χ3n) is 3.76. The van der Waals surface area contributed by atoms with E-state index < -0.39 is 0 Å². The average molecular weight is 261 g/mol. The Morgan fingerprint density at radius 1 is 1.32 bits per heavy atom. The fourth-order valence-corrected chi connectivity index (χ4v) is 2.54. The summed E-state index contributed by atoms with van der Waals surface area (Å²) in [4.78, 5) is 11.8. The number of carbonyl (C=O) groups excluding carboxylic acids is 1.